The second-order valence-corrected chi connectivity index (χ2v) is 8.36. The second-order valence-electron chi connectivity index (χ2n) is 8.36. The summed E-state index contributed by atoms with van der Waals surface area (Å²) in [7, 11) is 3.27. The highest BCUT2D eigenvalue weighted by molar-refractivity contribution is 5.95. The molecule has 0 spiro atoms. The molecule has 4 aromatic rings. The van der Waals surface area contributed by atoms with Crippen molar-refractivity contribution in [2.75, 3.05) is 14.2 Å². The van der Waals surface area contributed by atoms with Crippen LogP contribution in [0.1, 0.15) is 34.5 Å². The molecular weight excluding hydrogens is 430 g/mol. The van der Waals surface area contributed by atoms with E-state index >= 15 is 0 Å². The molecular formula is C27H27N3O4. The Morgan fingerprint density at radius 2 is 1.91 bits per heavy atom. The maximum absolute atomic E-state index is 13.5. The van der Waals surface area contributed by atoms with E-state index in [1.54, 1.807) is 20.3 Å². The summed E-state index contributed by atoms with van der Waals surface area (Å²) in [4.78, 5) is 20.0. The number of pyridine rings is 1. The van der Waals surface area contributed by atoms with Crippen molar-refractivity contribution in [3.63, 3.8) is 0 Å². The van der Waals surface area contributed by atoms with Gasteiger partial charge in [-0.25, -0.2) is 4.98 Å². The minimum Gasteiger partial charge on any atom is -0.497 e. The van der Waals surface area contributed by atoms with Crippen LogP contribution in [0.2, 0.25) is 0 Å². The molecule has 1 saturated carbocycles. The topological polar surface area (TPSA) is 65.3 Å². The van der Waals surface area contributed by atoms with Gasteiger partial charge in [0.05, 0.1) is 26.5 Å². The zero-order valence-electron chi connectivity index (χ0n) is 19.3. The van der Waals surface area contributed by atoms with Gasteiger partial charge in [0.2, 0.25) is 0 Å². The van der Waals surface area contributed by atoms with Crippen molar-refractivity contribution in [3.8, 4) is 17.2 Å². The lowest BCUT2D eigenvalue weighted by Gasteiger charge is -2.24. The number of hydrogen-bond acceptors (Lipinski definition) is 5. The number of rotatable bonds is 9. The van der Waals surface area contributed by atoms with Crippen LogP contribution in [0.4, 0.5) is 0 Å². The molecule has 0 unspecified atom stereocenters. The fraction of sp³-hybridized carbons (Fsp3) is 0.259. The van der Waals surface area contributed by atoms with Gasteiger partial charge in [-0.3, -0.25) is 4.79 Å². The summed E-state index contributed by atoms with van der Waals surface area (Å²) in [6.45, 7) is 0.781. The first-order valence-corrected chi connectivity index (χ1v) is 11.3. The summed E-state index contributed by atoms with van der Waals surface area (Å²) in [5, 5.41) is 0. The number of aromatic nitrogens is 2. The Bertz CT molecular complexity index is 1280. The lowest BCUT2D eigenvalue weighted by Crippen LogP contribution is -2.32. The van der Waals surface area contributed by atoms with Crippen LogP contribution in [-0.2, 0) is 13.2 Å². The van der Waals surface area contributed by atoms with Gasteiger partial charge in [0.25, 0.3) is 5.91 Å². The van der Waals surface area contributed by atoms with E-state index < -0.39 is 0 Å². The van der Waals surface area contributed by atoms with Crippen LogP contribution < -0.4 is 14.2 Å². The number of fused-ring (bicyclic) bond motifs is 1. The van der Waals surface area contributed by atoms with E-state index in [1.807, 2.05) is 76.3 Å². The fourth-order valence-corrected chi connectivity index (χ4v) is 4.04. The Labute approximate surface area is 198 Å². The first-order valence-electron chi connectivity index (χ1n) is 11.3. The molecule has 1 amide bonds. The number of hydrogen-bond donors (Lipinski definition) is 0. The van der Waals surface area contributed by atoms with E-state index in [2.05, 4.69) is 4.98 Å². The van der Waals surface area contributed by atoms with Crippen molar-refractivity contribution in [1.82, 2.24) is 14.3 Å². The maximum Gasteiger partial charge on any atom is 0.254 e. The fourth-order valence-electron chi connectivity index (χ4n) is 4.04. The summed E-state index contributed by atoms with van der Waals surface area (Å²) in [6, 6.07) is 19.1. The van der Waals surface area contributed by atoms with Crippen LogP contribution >= 0.6 is 0 Å². The predicted octanol–water partition coefficient (Wildman–Crippen LogP) is 4.74. The Morgan fingerprint density at radius 3 is 2.68 bits per heavy atom. The average Bonchev–Trinajstić information content (AvgIpc) is 3.63. The number of ether oxygens (including phenoxy) is 3. The molecule has 0 aliphatic heterocycles. The normalized spacial score (nSPS) is 13.0. The third-order valence-corrected chi connectivity index (χ3v) is 5.96. The van der Waals surface area contributed by atoms with Crippen molar-refractivity contribution in [2.24, 2.45) is 0 Å². The molecule has 0 radical (unpaired) electrons. The highest BCUT2D eigenvalue weighted by Gasteiger charge is 2.33. The Hall–Kier alpha value is -4.00. The third kappa shape index (κ3) is 4.69. The molecule has 0 N–H and O–H groups in total. The van der Waals surface area contributed by atoms with Crippen LogP contribution in [0.25, 0.3) is 5.65 Å². The molecule has 1 fully saturated rings. The highest BCUT2D eigenvalue weighted by Crippen LogP contribution is 2.33. The van der Waals surface area contributed by atoms with Crippen molar-refractivity contribution in [2.45, 2.75) is 32.0 Å². The standard InChI is InChI=1S/C27H27N3O4/c1-32-23-11-12-25(33-2)20(15-23)16-30(22-9-10-22)27(31)19-6-5-7-24(14-19)34-18-21-17-29-13-4-3-8-26(29)28-21/h3-8,11-15,17,22H,9-10,16,18H2,1-2H3. The molecule has 0 bridgehead atoms. The first kappa shape index (κ1) is 21.8. The van der Waals surface area contributed by atoms with Gasteiger partial charge >= 0.3 is 0 Å². The van der Waals surface area contributed by atoms with Gasteiger partial charge < -0.3 is 23.5 Å². The number of imidazole rings is 1. The first-order chi connectivity index (χ1) is 16.6. The van der Waals surface area contributed by atoms with Gasteiger partial charge in [-0.05, 0) is 61.4 Å². The summed E-state index contributed by atoms with van der Waals surface area (Å²) in [5.41, 5.74) is 3.22. The van der Waals surface area contributed by atoms with Crippen LogP contribution in [0.5, 0.6) is 17.2 Å². The third-order valence-electron chi connectivity index (χ3n) is 5.96. The van der Waals surface area contributed by atoms with Gasteiger partial charge in [0.15, 0.2) is 0 Å². The number of benzene rings is 2. The van der Waals surface area contributed by atoms with Gasteiger partial charge in [0, 0.05) is 29.6 Å². The molecule has 2 aromatic heterocycles. The Kier molecular flexibility index (Phi) is 6.08. The number of carbonyl (C=O) groups excluding carboxylic acids is 1. The minimum atomic E-state index is -0.0226. The molecule has 174 valence electrons. The van der Waals surface area contributed by atoms with Crippen LogP contribution in [0, 0.1) is 0 Å². The molecule has 2 aromatic carbocycles. The lowest BCUT2D eigenvalue weighted by molar-refractivity contribution is 0.0728. The van der Waals surface area contributed by atoms with Gasteiger partial charge in [-0.15, -0.1) is 0 Å². The molecule has 7 heteroatoms. The quantitative estimate of drug-likeness (QED) is 0.363. The Balaban J connectivity index is 1.32. The number of methoxy groups -OCH3 is 2. The smallest absolute Gasteiger partial charge is 0.254 e. The summed E-state index contributed by atoms with van der Waals surface area (Å²) < 4.78 is 18.8. The highest BCUT2D eigenvalue weighted by atomic mass is 16.5. The van der Waals surface area contributed by atoms with Gasteiger partial charge in [-0.2, -0.15) is 0 Å². The monoisotopic (exact) mass is 457 g/mol. The SMILES string of the molecule is COc1ccc(OC)c(CN(C(=O)c2cccc(OCc3cn4ccccc4n3)c2)C2CC2)c1. The predicted molar refractivity (Wildman–Crippen MR) is 128 cm³/mol. The van der Waals surface area contributed by atoms with Crippen molar-refractivity contribution in [3.05, 3.63) is 89.9 Å². The summed E-state index contributed by atoms with van der Waals surface area (Å²) in [5.74, 6) is 2.09. The summed E-state index contributed by atoms with van der Waals surface area (Å²) in [6.07, 6.45) is 5.90. The molecule has 0 saturated heterocycles. The van der Waals surface area contributed by atoms with Crippen LogP contribution in [0.15, 0.2) is 73.1 Å². The van der Waals surface area contributed by atoms with E-state index in [4.69, 9.17) is 14.2 Å². The molecule has 34 heavy (non-hydrogen) atoms. The van der Waals surface area contributed by atoms with Gasteiger partial charge in [-0.1, -0.05) is 12.1 Å². The van der Waals surface area contributed by atoms with E-state index in [-0.39, 0.29) is 11.9 Å². The molecule has 2 heterocycles. The van der Waals surface area contributed by atoms with Crippen molar-refractivity contribution < 1.29 is 19.0 Å². The van der Waals surface area contributed by atoms with E-state index in [1.165, 1.54) is 0 Å². The van der Waals surface area contributed by atoms with E-state index in [9.17, 15) is 4.79 Å². The van der Waals surface area contributed by atoms with Crippen LogP contribution in [-0.4, -0.2) is 40.5 Å². The molecule has 5 rings (SSSR count). The number of nitrogens with zero attached hydrogens (tertiary/aromatic N) is 3. The van der Waals surface area contributed by atoms with E-state index in [0.717, 1.165) is 41.2 Å². The molecule has 1 aliphatic carbocycles. The molecule has 1 aliphatic rings. The minimum absolute atomic E-state index is 0.0226. The largest absolute Gasteiger partial charge is 0.497 e. The van der Waals surface area contributed by atoms with E-state index in [0.29, 0.717) is 24.5 Å². The Morgan fingerprint density at radius 1 is 1.03 bits per heavy atom. The van der Waals surface area contributed by atoms with Crippen molar-refractivity contribution in [1.29, 1.82) is 0 Å². The molecule has 7 nitrogen and oxygen atoms in total. The number of amides is 1. The average molecular weight is 458 g/mol. The van der Waals surface area contributed by atoms with Gasteiger partial charge in [0.1, 0.15) is 29.5 Å². The second kappa shape index (κ2) is 9.47. The number of carbonyl (C=O) groups is 1. The maximum atomic E-state index is 13.5. The molecule has 0 atom stereocenters. The zero-order chi connectivity index (χ0) is 23.5. The zero-order valence-corrected chi connectivity index (χ0v) is 19.3. The van der Waals surface area contributed by atoms with Crippen molar-refractivity contribution >= 4 is 11.6 Å². The summed E-state index contributed by atoms with van der Waals surface area (Å²) >= 11 is 0. The van der Waals surface area contributed by atoms with Crippen LogP contribution in [0.3, 0.4) is 0 Å². The lowest BCUT2D eigenvalue weighted by atomic mass is 10.1.